The van der Waals surface area contributed by atoms with E-state index in [-0.39, 0.29) is 0 Å². The Hall–Kier alpha value is -1.91. The molecule has 0 saturated carbocycles. The number of aromatic nitrogens is 1. The van der Waals surface area contributed by atoms with Gasteiger partial charge in [-0.3, -0.25) is 4.98 Å². The first kappa shape index (κ1) is 18.9. The van der Waals surface area contributed by atoms with Crippen molar-refractivity contribution in [1.82, 2.24) is 4.98 Å². The van der Waals surface area contributed by atoms with E-state index in [4.69, 9.17) is 0 Å². The number of anilines is 1. The van der Waals surface area contributed by atoms with E-state index in [1.165, 1.54) is 27.9 Å². The van der Waals surface area contributed by atoms with Gasteiger partial charge in [-0.1, -0.05) is 58.0 Å². The van der Waals surface area contributed by atoms with Crippen LogP contribution in [0.15, 0.2) is 73.1 Å². The maximum Gasteiger partial charge on any atom is 0.0366 e. The summed E-state index contributed by atoms with van der Waals surface area (Å²) in [5.41, 5.74) is 6.21. The van der Waals surface area contributed by atoms with Crippen LogP contribution in [0.1, 0.15) is 6.92 Å². The van der Waals surface area contributed by atoms with Crippen LogP contribution in [0.25, 0.3) is 22.3 Å². The third-order valence-electron chi connectivity index (χ3n) is 4.41. The Bertz CT molecular complexity index is 787. The van der Waals surface area contributed by atoms with Crippen molar-refractivity contribution < 1.29 is 0 Å². The van der Waals surface area contributed by atoms with Crippen LogP contribution in [0.3, 0.4) is 0 Å². The van der Waals surface area contributed by atoms with Crippen molar-refractivity contribution in [1.29, 1.82) is 0 Å². The monoisotopic (exact) mass is 380 g/mol. The summed E-state index contributed by atoms with van der Waals surface area (Å²) in [7, 11) is 3.75. The summed E-state index contributed by atoms with van der Waals surface area (Å²) < 4.78 is 0. The second kappa shape index (κ2) is 9.70. The molecule has 0 unspecified atom stereocenters. The Balaban J connectivity index is 1.72. The summed E-state index contributed by atoms with van der Waals surface area (Å²) in [6.07, 6.45) is 5.80. The zero-order valence-electron chi connectivity index (χ0n) is 15.3. The number of pyridine rings is 1. The van der Waals surface area contributed by atoms with E-state index < -0.39 is 0 Å². The number of nitrogens with zero attached hydrogens (tertiary/aromatic N) is 2. The van der Waals surface area contributed by atoms with E-state index >= 15 is 0 Å². The zero-order valence-corrected chi connectivity index (χ0v) is 16.9. The molecular weight excluding hydrogens is 356 g/mol. The topological polar surface area (TPSA) is 16.1 Å². The third kappa shape index (κ3) is 4.83. The number of hydrogen-bond donors (Lipinski definition) is 0. The molecule has 134 valence electrons. The average Bonchev–Trinajstić information content (AvgIpc) is 2.72. The highest BCUT2D eigenvalue weighted by Gasteiger charge is 2.05. The number of hydrogen-bond acceptors (Lipinski definition) is 4. The van der Waals surface area contributed by atoms with Crippen LogP contribution in [0.4, 0.5) is 5.69 Å². The highest BCUT2D eigenvalue weighted by Crippen LogP contribution is 2.27. The van der Waals surface area contributed by atoms with Gasteiger partial charge in [0.2, 0.25) is 0 Å². The highest BCUT2D eigenvalue weighted by atomic mass is 33.1. The van der Waals surface area contributed by atoms with Gasteiger partial charge in [0.25, 0.3) is 0 Å². The van der Waals surface area contributed by atoms with Crippen LogP contribution in [0, 0.1) is 0 Å². The lowest BCUT2D eigenvalue weighted by molar-refractivity contribution is 0.874. The molecule has 26 heavy (non-hydrogen) atoms. The van der Waals surface area contributed by atoms with Gasteiger partial charge in [0, 0.05) is 36.9 Å². The second-order valence-corrected chi connectivity index (χ2v) is 8.61. The summed E-state index contributed by atoms with van der Waals surface area (Å²) in [4.78, 5) is 6.51. The van der Waals surface area contributed by atoms with Crippen molar-refractivity contribution in [3.63, 3.8) is 0 Å². The maximum absolute atomic E-state index is 4.08. The first-order valence-corrected chi connectivity index (χ1v) is 11.6. The molecular formula is C22H24N2S2. The van der Waals surface area contributed by atoms with Crippen molar-refractivity contribution in [2.75, 3.05) is 30.0 Å². The van der Waals surface area contributed by atoms with Gasteiger partial charge in [-0.15, -0.1) is 0 Å². The van der Waals surface area contributed by atoms with E-state index in [1.54, 1.807) is 0 Å². The summed E-state index contributed by atoms with van der Waals surface area (Å²) in [6, 6.07) is 21.7. The Kier molecular flexibility index (Phi) is 7.04. The van der Waals surface area contributed by atoms with Crippen LogP contribution < -0.4 is 4.90 Å². The molecule has 0 aliphatic carbocycles. The Morgan fingerprint density at radius 2 is 1.27 bits per heavy atom. The first-order chi connectivity index (χ1) is 12.8. The molecule has 0 atom stereocenters. The minimum atomic E-state index is 1.04. The minimum Gasteiger partial charge on any atom is -0.371 e. The SMILES string of the molecule is CCN(CCSSC)c1ccc(-c2ccc(-c3ccncc3)cc2)cc1. The molecule has 0 fully saturated rings. The van der Waals surface area contributed by atoms with Crippen molar-refractivity contribution in [3.05, 3.63) is 73.1 Å². The van der Waals surface area contributed by atoms with Crippen LogP contribution in [-0.2, 0) is 0 Å². The summed E-state index contributed by atoms with van der Waals surface area (Å²) in [5.74, 6) is 1.15. The Morgan fingerprint density at radius 1 is 0.769 bits per heavy atom. The third-order valence-corrected chi connectivity index (χ3v) is 6.20. The van der Waals surface area contributed by atoms with Crippen LogP contribution in [-0.4, -0.2) is 30.1 Å². The van der Waals surface area contributed by atoms with Gasteiger partial charge in [0.15, 0.2) is 0 Å². The molecule has 0 aliphatic rings. The predicted octanol–water partition coefficient (Wildman–Crippen LogP) is 6.25. The maximum atomic E-state index is 4.08. The molecule has 0 spiro atoms. The van der Waals surface area contributed by atoms with Gasteiger partial charge in [0.05, 0.1) is 0 Å². The van der Waals surface area contributed by atoms with E-state index in [2.05, 4.69) is 71.6 Å². The fraction of sp³-hybridized carbons (Fsp3) is 0.227. The van der Waals surface area contributed by atoms with E-state index in [1.807, 2.05) is 46.1 Å². The molecule has 0 N–H and O–H groups in total. The van der Waals surface area contributed by atoms with Crippen molar-refractivity contribution in [3.8, 4) is 22.3 Å². The molecule has 1 heterocycles. The molecule has 3 rings (SSSR count). The van der Waals surface area contributed by atoms with Gasteiger partial charge in [-0.25, -0.2) is 0 Å². The molecule has 0 bridgehead atoms. The van der Waals surface area contributed by atoms with Crippen LogP contribution in [0.2, 0.25) is 0 Å². The highest BCUT2D eigenvalue weighted by molar-refractivity contribution is 8.76. The van der Waals surface area contributed by atoms with E-state index in [9.17, 15) is 0 Å². The normalized spacial score (nSPS) is 10.7. The number of rotatable bonds is 8. The molecule has 0 radical (unpaired) electrons. The largest absolute Gasteiger partial charge is 0.371 e. The summed E-state index contributed by atoms with van der Waals surface area (Å²) >= 11 is 0. The second-order valence-electron chi connectivity index (χ2n) is 5.93. The molecule has 2 aromatic carbocycles. The summed E-state index contributed by atoms with van der Waals surface area (Å²) in [6.45, 7) is 4.34. The molecule has 3 aromatic rings. The van der Waals surface area contributed by atoms with Gasteiger partial charge >= 0.3 is 0 Å². The van der Waals surface area contributed by atoms with Gasteiger partial charge in [0.1, 0.15) is 0 Å². The lowest BCUT2D eigenvalue weighted by atomic mass is 10.0. The summed E-state index contributed by atoms with van der Waals surface area (Å²) in [5, 5.41) is 0. The Labute approximate surface area is 164 Å². The van der Waals surface area contributed by atoms with Gasteiger partial charge in [-0.2, -0.15) is 0 Å². The fourth-order valence-corrected chi connectivity index (χ4v) is 4.15. The average molecular weight is 381 g/mol. The van der Waals surface area contributed by atoms with E-state index in [0.717, 1.165) is 18.8 Å². The minimum absolute atomic E-state index is 1.04. The van der Waals surface area contributed by atoms with Crippen LogP contribution >= 0.6 is 21.6 Å². The molecule has 2 nitrogen and oxygen atoms in total. The Morgan fingerprint density at radius 3 is 1.77 bits per heavy atom. The molecule has 0 aliphatic heterocycles. The smallest absolute Gasteiger partial charge is 0.0366 e. The van der Waals surface area contributed by atoms with Crippen molar-refractivity contribution in [2.24, 2.45) is 0 Å². The first-order valence-electron chi connectivity index (χ1n) is 8.83. The quantitative estimate of drug-likeness (QED) is 0.339. The lowest BCUT2D eigenvalue weighted by Gasteiger charge is -2.23. The van der Waals surface area contributed by atoms with Crippen molar-refractivity contribution in [2.45, 2.75) is 6.92 Å². The lowest BCUT2D eigenvalue weighted by Crippen LogP contribution is -2.25. The molecule has 4 heteroatoms. The molecule has 0 amide bonds. The van der Waals surface area contributed by atoms with E-state index in [0.29, 0.717) is 0 Å². The molecule has 1 aromatic heterocycles. The molecule has 0 saturated heterocycles. The van der Waals surface area contributed by atoms with Gasteiger partial charge in [-0.05, 0) is 59.7 Å². The standard InChI is InChI=1S/C22H24N2S2/c1-3-24(16-17-26-25-2)22-10-8-20(9-11-22)18-4-6-19(7-5-18)21-12-14-23-15-13-21/h4-15H,3,16-17H2,1-2H3. The zero-order chi connectivity index (χ0) is 18.2. The number of benzene rings is 2. The fourth-order valence-electron chi connectivity index (χ4n) is 2.96. The van der Waals surface area contributed by atoms with Crippen molar-refractivity contribution >= 4 is 27.3 Å². The predicted molar refractivity (Wildman–Crippen MR) is 119 cm³/mol. The van der Waals surface area contributed by atoms with Gasteiger partial charge < -0.3 is 4.90 Å². The van der Waals surface area contributed by atoms with Crippen LogP contribution in [0.5, 0.6) is 0 Å².